The first-order valence-corrected chi connectivity index (χ1v) is 5.44. The predicted octanol–water partition coefficient (Wildman–Crippen LogP) is 1.19. The maximum absolute atomic E-state index is 10.5. The van der Waals surface area contributed by atoms with Crippen LogP contribution >= 0.6 is 0 Å². The van der Waals surface area contributed by atoms with Crippen LogP contribution in [0.1, 0.15) is 12.8 Å². The Labute approximate surface area is 90.7 Å². The van der Waals surface area contributed by atoms with Gasteiger partial charge in [0.15, 0.2) is 0 Å². The zero-order chi connectivity index (χ0) is 10.7. The molecule has 0 bridgehead atoms. The Morgan fingerprint density at radius 2 is 1.80 bits per heavy atom. The fourth-order valence-corrected chi connectivity index (χ4v) is 2.05. The smallest absolute Gasteiger partial charge is 0.140 e. The summed E-state index contributed by atoms with van der Waals surface area (Å²) in [7, 11) is 1.96. The van der Waals surface area contributed by atoms with Gasteiger partial charge in [0, 0.05) is 25.6 Å². The van der Waals surface area contributed by atoms with Crippen LogP contribution in [0.5, 0.6) is 0 Å². The third-order valence-corrected chi connectivity index (χ3v) is 3.17. The first-order chi connectivity index (χ1) is 7.22. The summed E-state index contributed by atoms with van der Waals surface area (Å²) in [6, 6.07) is 10.0. The predicted molar refractivity (Wildman–Crippen MR) is 61.9 cm³/mol. The minimum Gasteiger partial charge on any atom is -0.371 e. The Hall–Kier alpha value is -1.06. The Balaban J connectivity index is 2.16. The van der Waals surface area contributed by atoms with Crippen LogP contribution in [0.25, 0.3) is 0 Å². The molecule has 0 atom stereocenters. The summed E-state index contributed by atoms with van der Waals surface area (Å²) in [5.74, 6) is 0. The number of nitrogens with one attached hydrogen (secondary N) is 1. The zero-order valence-electron chi connectivity index (χ0n) is 9.11. The van der Waals surface area contributed by atoms with E-state index in [2.05, 4.69) is 5.32 Å². The molecule has 0 radical (unpaired) electrons. The second-order valence-corrected chi connectivity index (χ2v) is 4.13. The van der Waals surface area contributed by atoms with Crippen molar-refractivity contribution >= 4 is 5.69 Å². The lowest BCUT2D eigenvalue weighted by atomic mass is 10.00. The molecule has 0 aromatic heterocycles. The largest absolute Gasteiger partial charge is 0.371 e. The highest BCUT2D eigenvalue weighted by Crippen LogP contribution is 2.27. The van der Waals surface area contributed by atoms with E-state index in [0.29, 0.717) is 0 Å². The molecule has 1 saturated heterocycles. The maximum Gasteiger partial charge on any atom is 0.140 e. The van der Waals surface area contributed by atoms with Gasteiger partial charge in [-0.15, -0.1) is 0 Å². The number of anilines is 1. The van der Waals surface area contributed by atoms with Gasteiger partial charge in [0.05, 0.1) is 0 Å². The molecule has 1 aliphatic rings. The standard InChI is InChI=1S/C12H18N2O/c1-14(11-5-3-2-4-6-11)12(15)7-9-13-10-8-12/h2-6,13,15H,7-10H2,1H3. The summed E-state index contributed by atoms with van der Waals surface area (Å²) in [4.78, 5) is 1.98. The van der Waals surface area contributed by atoms with Gasteiger partial charge in [-0.05, 0) is 25.2 Å². The SMILES string of the molecule is CN(c1ccccc1)C1(O)CCNCC1. The van der Waals surface area contributed by atoms with Crippen LogP contribution in [0.4, 0.5) is 5.69 Å². The Morgan fingerprint density at radius 1 is 1.20 bits per heavy atom. The van der Waals surface area contributed by atoms with Crippen molar-refractivity contribution in [2.24, 2.45) is 0 Å². The topological polar surface area (TPSA) is 35.5 Å². The van der Waals surface area contributed by atoms with Crippen molar-refractivity contribution in [1.82, 2.24) is 5.32 Å². The third kappa shape index (κ3) is 2.13. The molecule has 3 heteroatoms. The fourth-order valence-electron chi connectivity index (χ4n) is 2.05. The lowest BCUT2D eigenvalue weighted by molar-refractivity contribution is 0.0118. The minimum atomic E-state index is -0.688. The summed E-state index contributed by atoms with van der Waals surface area (Å²) >= 11 is 0. The second kappa shape index (κ2) is 4.21. The van der Waals surface area contributed by atoms with Crippen molar-refractivity contribution in [3.63, 3.8) is 0 Å². The number of hydrogen-bond donors (Lipinski definition) is 2. The highest BCUT2D eigenvalue weighted by Gasteiger charge is 2.33. The van der Waals surface area contributed by atoms with Gasteiger partial charge in [0.25, 0.3) is 0 Å². The highest BCUT2D eigenvalue weighted by atomic mass is 16.3. The number of benzene rings is 1. The van der Waals surface area contributed by atoms with Gasteiger partial charge in [-0.3, -0.25) is 0 Å². The number of piperidine rings is 1. The molecular formula is C12H18N2O. The summed E-state index contributed by atoms with van der Waals surface area (Å²) in [6.07, 6.45) is 1.55. The van der Waals surface area contributed by atoms with Crippen molar-refractivity contribution in [3.8, 4) is 0 Å². The van der Waals surface area contributed by atoms with Gasteiger partial charge >= 0.3 is 0 Å². The molecular weight excluding hydrogens is 188 g/mol. The minimum absolute atomic E-state index is 0.688. The Kier molecular flexibility index (Phi) is 2.93. The van der Waals surface area contributed by atoms with Crippen LogP contribution < -0.4 is 10.2 Å². The lowest BCUT2D eigenvalue weighted by Gasteiger charge is -2.41. The van der Waals surface area contributed by atoms with Gasteiger partial charge in [-0.2, -0.15) is 0 Å². The van der Waals surface area contributed by atoms with Gasteiger partial charge in [-0.1, -0.05) is 18.2 Å². The van der Waals surface area contributed by atoms with Crippen LogP contribution in [0, 0.1) is 0 Å². The molecule has 2 N–H and O–H groups in total. The lowest BCUT2D eigenvalue weighted by Crippen LogP contribution is -2.53. The number of para-hydroxylation sites is 1. The maximum atomic E-state index is 10.5. The average Bonchev–Trinajstić information content (AvgIpc) is 2.30. The van der Waals surface area contributed by atoms with E-state index in [0.717, 1.165) is 31.6 Å². The highest BCUT2D eigenvalue weighted by molar-refractivity contribution is 5.47. The van der Waals surface area contributed by atoms with Crippen molar-refractivity contribution in [1.29, 1.82) is 0 Å². The molecule has 0 amide bonds. The van der Waals surface area contributed by atoms with E-state index in [4.69, 9.17) is 0 Å². The number of nitrogens with zero attached hydrogens (tertiary/aromatic N) is 1. The Bertz CT molecular complexity index is 307. The molecule has 0 aliphatic carbocycles. The summed E-state index contributed by atoms with van der Waals surface area (Å²) < 4.78 is 0. The molecule has 0 saturated carbocycles. The van der Waals surface area contributed by atoms with Crippen LogP contribution in [0.3, 0.4) is 0 Å². The molecule has 1 fully saturated rings. The normalized spacial score (nSPS) is 19.9. The van der Waals surface area contributed by atoms with E-state index in [1.54, 1.807) is 0 Å². The van der Waals surface area contributed by atoms with Crippen LogP contribution in [0.2, 0.25) is 0 Å². The molecule has 15 heavy (non-hydrogen) atoms. The van der Waals surface area contributed by atoms with Gasteiger partial charge < -0.3 is 15.3 Å². The fraction of sp³-hybridized carbons (Fsp3) is 0.500. The van der Waals surface area contributed by atoms with Gasteiger partial charge in [0.2, 0.25) is 0 Å². The first-order valence-electron chi connectivity index (χ1n) is 5.44. The molecule has 2 rings (SSSR count). The van der Waals surface area contributed by atoms with Crippen LogP contribution in [-0.2, 0) is 0 Å². The van der Waals surface area contributed by atoms with Crippen LogP contribution in [0.15, 0.2) is 30.3 Å². The van der Waals surface area contributed by atoms with E-state index in [1.165, 1.54) is 0 Å². The van der Waals surface area contributed by atoms with E-state index in [9.17, 15) is 5.11 Å². The summed E-state index contributed by atoms with van der Waals surface area (Å²) in [5.41, 5.74) is 0.383. The van der Waals surface area contributed by atoms with E-state index >= 15 is 0 Å². The van der Waals surface area contributed by atoms with Crippen molar-refractivity contribution in [2.75, 3.05) is 25.0 Å². The molecule has 0 unspecified atom stereocenters. The molecule has 1 aromatic carbocycles. The first kappa shape index (κ1) is 10.5. The van der Waals surface area contributed by atoms with Crippen molar-refractivity contribution in [3.05, 3.63) is 30.3 Å². The number of aliphatic hydroxyl groups is 1. The van der Waals surface area contributed by atoms with E-state index < -0.39 is 5.72 Å². The summed E-state index contributed by atoms with van der Waals surface area (Å²) in [6.45, 7) is 1.77. The number of hydrogen-bond acceptors (Lipinski definition) is 3. The zero-order valence-corrected chi connectivity index (χ0v) is 9.11. The molecule has 82 valence electrons. The monoisotopic (exact) mass is 206 g/mol. The summed E-state index contributed by atoms with van der Waals surface area (Å²) in [5, 5.41) is 13.7. The molecule has 0 spiro atoms. The van der Waals surface area contributed by atoms with E-state index in [1.807, 2.05) is 42.3 Å². The third-order valence-electron chi connectivity index (χ3n) is 3.17. The molecule has 3 nitrogen and oxygen atoms in total. The second-order valence-electron chi connectivity index (χ2n) is 4.13. The van der Waals surface area contributed by atoms with Crippen LogP contribution in [-0.4, -0.2) is 31.0 Å². The van der Waals surface area contributed by atoms with E-state index in [-0.39, 0.29) is 0 Å². The molecule has 1 aromatic rings. The van der Waals surface area contributed by atoms with Crippen molar-refractivity contribution in [2.45, 2.75) is 18.6 Å². The number of rotatable bonds is 2. The van der Waals surface area contributed by atoms with Gasteiger partial charge in [0.1, 0.15) is 5.72 Å². The average molecular weight is 206 g/mol. The van der Waals surface area contributed by atoms with Crippen molar-refractivity contribution < 1.29 is 5.11 Å². The Morgan fingerprint density at radius 3 is 2.40 bits per heavy atom. The molecule has 1 aliphatic heterocycles. The van der Waals surface area contributed by atoms with Gasteiger partial charge in [-0.25, -0.2) is 0 Å². The molecule has 1 heterocycles. The quantitative estimate of drug-likeness (QED) is 0.714.